The molecule has 2 rings (SSSR count). The minimum atomic E-state index is -0.721. The maximum atomic E-state index is 13.8. The minimum Gasteiger partial charge on any atom is -0.327 e. The molecule has 1 saturated heterocycles. The summed E-state index contributed by atoms with van der Waals surface area (Å²) in [7, 11) is 0. The number of hydrogen-bond donors (Lipinski definition) is 1. The van der Waals surface area contributed by atoms with Crippen LogP contribution in [-0.2, 0) is 6.42 Å². The van der Waals surface area contributed by atoms with Gasteiger partial charge < -0.3 is 5.73 Å². The Morgan fingerprint density at radius 2 is 2.29 bits per heavy atom. The zero-order valence-corrected chi connectivity index (χ0v) is 9.95. The zero-order valence-electron chi connectivity index (χ0n) is 9.14. The lowest BCUT2D eigenvalue weighted by Crippen LogP contribution is -2.30. The third-order valence-electron chi connectivity index (χ3n) is 2.98. The molecule has 0 amide bonds. The number of nitrogens with zero attached hydrogens (tertiary/aromatic N) is 1. The molecule has 0 radical (unpaired) electrons. The summed E-state index contributed by atoms with van der Waals surface area (Å²) >= 11 is 1.74. The molecule has 0 saturated carbocycles. The first-order valence-corrected chi connectivity index (χ1v) is 6.50. The van der Waals surface area contributed by atoms with Gasteiger partial charge in [0.2, 0.25) is 5.82 Å². The minimum absolute atomic E-state index is 0.0543. The van der Waals surface area contributed by atoms with Crippen LogP contribution in [0.5, 0.6) is 0 Å². The second kappa shape index (κ2) is 5.01. The third kappa shape index (κ3) is 2.58. The normalized spacial score (nSPS) is 23.9. The first kappa shape index (κ1) is 12.3. The van der Waals surface area contributed by atoms with Gasteiger partial charge in [-0.1, -0.05) is 12.1 Å². The Morgan fingerprint density at radius 3 is 2.88 bits per heavy atom. The van der Waals surface area contributed by atoms with E-state index < -0.39 is 16.4 Å². The average molecular weight is 256 g/mol. The molecule has 1 heterocycles. The van der Waals surface area contributed by atoms with Gasteiger partial charge in [0.25, 0.3) is 0 Å². The number of nitro groups is 1. The van der Waals surface area contributed by atoms with Gasteiger partial charge in [0.1, 0.15) is 0 Å². The Morgan fingerprint density at radius 1 is 1.53 bits per heavy atom. The van der Waals surface area contributed by atoms with E-state index >= 15 is 0 Å². The number of rotatable bonds is 3. The molecule has 2 N–H and O–H groups in total. The molecule has 1 aliphatic heterocycles. The summed E-state index contributed by atoms with van der Waals surface area (Å²) in [6.07, 6.45) is 0.474. The summed E-state index contributed by atoms with van der Waals surface area (Å²) in [5, 5.41) is 10.6. The summed E-state index contributed by atoms with van der Waals surface area (Å²) in [5.41, 5.74) is 5.83. The molecule has 1 aliphatic rings. The molecule has 17 heavy (non-hydrogen) atoms. The van der Waals surface area contributed by atoms with Gasteiger partial charge in [0, 0.05) is 17.9 Å². The molecule has 0 aromatic heterocycles. The van der Waals surface area contributed by atoms with Crippen molar-refractivity contribution in [3.05, 3.63) is 39.7 Å². The summed E-state index contributed by atoms with van der Waals surface area (Å²) in [6.45, 7) is 0. The molecule has 6 heteroatoms. The molecule has 0 bridgehead atoms. The van der Waals surface area contributed by atoms with Crippen LogP contribution in [0.15, 0.2) is 18.2 Å². The monoisotopic (exact) mass is 256 g/mol. The van der Waals surface area contributed by atoms with Crippen molar-refractivity contribution in [3.63, 3.8) is 0 Å². The van der Waals surface area contributed by atoms with Gasteiger partial charge in [-0.2, -0.15) is 16.2 Å². The number of nitro benzene ring substituents is 1. The van der Waals surface area contributed by atoms with E-state index in [4.69, 9.17) is 5.73 Å². The van der Waals surface area contributed by atoms with E-state index in [0.717, 1.165) is 11.5 Å². The maximum absolute atomic E-state index is 13.8. The van der Waals surface area contributed by atoms with Gasteiger partial charge in [0.15, 0.2) is 0 Å². The van der Waals surface area contributed by atoms with E-state index in [-0.39, 0.29) is 12.0 Å². The van der Waals surface area contributed by atoms with Crippen molar-refractivity contribution in [3.8, 4) is 0 Å². The van der Waals surface area contributed by atoms with Gasteiger partial charge in [-0.15, -0.1) is 0 Å². The molecular weight excluding hydrogens is 243 g/mol. The molecule has 1 fully saturated rings. The number of benzene rings is 1. The van der Waals surface area contributed by atoms with Gasteiger partial charge in [-0.25, -0.2) is 0 Å². The van der Waals surface area contributed by atoms with Crippen molar-refractivity contribution in [2.45, 2.75) is 12.5 Å². The molecular formula is C11H13FN2O2S. The Kier molecular flexibility index (Phi) is 3.63. The average Bonchev–Trinajstić information content (AvgIpc) is 2.67. The smallest absolute Gasteiger partial charge is 0.305 e. The lowest BCUT2D eigenvalue weighted by molar-refractivity contribution is -0.387. The summed E-state index contributed by atoms with van der Waals surface area (Å²) in [5.74, 6) is 1.25. The molecule has 92 valence electrons. The molecule has 1 aromatic carbocycles. The Balaban J connectivity index is 2.21. The highest BCUT2D eigenvalue weighted by molar-refractivity contribution is 7.99. The molecule has 1 aromatic rings. The number of nitrogens with two attached hydrogens (primary N) is 1. The summed E-state index contributed by atoms with van der Waals surface area (Å²) in [6, 6.07) is 4.35. The predicted molar refractivity (Wildman–Crippen MR) is 65.5 cm³/mol. The van der Waals surface area contributed by atoms with Crippen LogP contribution >= 0.6 is 11.8 Å². The van der Waals surface area contributed by atoms with E-state index in [0.29, 0.717) is 12.0 Å². The number of thioether (sulfide) groups is 1. The van der Waals surface area contributed by atoms with Crippen molar-refractivity contribution in [1.82, 2.24) is 0 Å². The van der Waals surface area contributed by atoms with Crippen LogP contribution in [0.1, 0.15) is 5.56 Å². The fourth-order valence-electron chi connectivity index (χ4n) is 1.97. The second-order valence-corrected chi connectivity index (χ2v) is 5.25. The lowest BCUT2D eigenvalue weighted by atomic mass is 9.95. The Labute approximate surface area is 103 Å². The van der Waals surface area contributed by atoms with Gasteiger partial charge in [0.05, 0.1) is 4.92 Å². The van der Waals surface area contributed by atoms with Crippen LogP contribution in [0.4, 0.5) is 10.1 Å². The summed E-state index contributed by atoms with van der Waals surface area (Å²) < 4.78 is 13.8. The van der Waals surface area contributed by atoms with Crippen LogP contribution in [0.2, 0.25) is 0 Å². The lowest BCUT2D eigenvalue weighted by Gasteiger charge is -2.14. The topological polar surface area (TPSA) is 69.2 Å². The standard InChI is InChI=1S/C11H13FN2O2S/c12-11-7(2-1-3-10(11)14(15)16)4-8-5-17-6-9(8)13/h1-3,8-9H,4-6,13H2. The zero-order chi connectivity index (χ0) is 12.4. The van der Waals surface area contributed by atoms with E-state index in [1.165, 1.54) is 12.1 Å². The van der Waals surface area contributed by atoms with Gasteiger partial charge in [-0.3, -0.25) is 10.1 Å². The SMILES string of the molecule is NC1CSCC1Cc1cccc([N+](=O)[O-])c1F. The van der Waals surface area contributed by atoms with Crippen LogP contribution in [0.25, 0.3) is 0 Å². The molecule has 2 unspecified atom stereocenters. The fourth-order valence-corrected chi connectivity index (χ4v) is 3.32. The van der Waals surface area contributed by atoms with Crippen LogP contribution in [0, 0.1) is 21.8 Å². The van der Waals surface area contributed by atoms with Crippen molar-refractivity contribution >= 4 is 17.4 Å². The molecule has 2 atom stereocenters. The van der Waals surface area contributed by atoms with E-state index in [1.54, 1.807) is 17.8 Å². The highest BCUT2D eigenvalue weighted by Crippen LogP contribution is 2.29. The van der Waals surface area contributed by atoms with Crippen molar-refractivity contribution < 1.29 is 9.31 Å². The molecule has 0 spiro atoms. The van der Waals surface area contributed by atoms with Crippen LogP contribution < -0.4 is 5.73 Å². The first-order valence-electron chi connectivity index (χ1n) is 5.34. The van der Waals surface area contributed by atoms with E-state index in [2.05, 4.69) is 0 Å². The predicted octanol–water partition coefficient (Wildman–Crippen LogP) is 1.97. The van der Waals surface area contributed by atoms with E-state index in [9.17, 15) is 14.5 Å². The fraction of sp³-hybridized carbons (Fsp3) is 0.455. The van der Waals surface area contributed by atoms with Crippen molar-refractivity contribution in [1.29, 1.82) is 0 Å². The number of halogens is 1. The molecule has 4 nitrogen and oxygen atoms in total. The molecule has 0 aliphatic carbocycles. The van der Waals surface area contributed by atoms with Crippen molar-refractivity contribution in [2.75, 3.05) is 11.5 Å². The van der Waals surface area contributed by atoms with Crippen molar-refractivity contribution in [2.24, 2.45) is 11.7 Å². The van der Waals surface area contributed by atoms with E-state index in [1.807, 2.05) is 0 Å². The van der Waals surface area contributed by atoms with Gasteiger partial charge >= 0.3 is 5.69 Å². The Hall–Kier alpha value is -1.14. The first-order chi connectivity index (χ1) is 8.09. The maximum Gasteiger partial charge on any atom is 0.305 e. The largest absolute Gasteiger partial charge is 0.327 e. The second-order valence-electron chi connectivity index (χ2n) is 4.17. The highest BCUT2D eigenvalue weighted by atomic mass is 32.2. The number of hydrogen-bond acceptors (Lipinski definition) is 4. The quantitative estimate of drug-likeness (QED) is 0.663. The summed E-state index contributed by atoms with van der Waals surface area (Å²) in [4.78, 5) is 9.92. The van der Waals surface area contributed by atoms with Gasteiger partial charge in [-0.05, 0) is 23.7 Å². The third-order valence-corrected chi connectivity index (χ3v) is 4.27. The highest BCUT2D eigenvalue weighted by Gasteiger charge is 2.27. The van der Waals surface area contributed by atoms with Crippen LogP contribution in [-0.4, -0.2) is 22.5 Å². The van der Waals surface area contributed by atoms with Crippen LogP contribution in [0.3, 0.4) is 0 Å². The Bertz CT molecular complexity index is 441.